The molecule has 1 aromatic carbocycles. The average molecular weight is 378 g/mol. The summed E-state index contributed by atoms with van der Waals surface area (Å²) in [7, 11) is 0. The molecule has 0 aliphatic rings. The van der Waals surface area contributed by atoms with Gasteiger partial charge < -0.3 is 15.7 Å². The van der Waals surface area contributed by atoms with Crippen LogP contribution in [0.3, 0.4) is 0 Å². The molecule has 0 saturated heterocycles. The predicted molar refractivity (Wildman–Crippen MR) is 97.2 cm³/mol. The molecule has 0 bridgehead atoms. The maximum Gasteiger partial charge on any atom is 0.328 e. The number of alkyl halides is 1. The van der Waals surface area contributed by atoms with Gasteiger partial charge in [-0.05, 0) is 42.5 Å². The number of carboxylic acids is 1. The first-order valence-electron chi connectivity index (χ1n) is 8.01. The lowest BCUT2D eigenvalue weighted by Gasteiger charge is -2.12. The van der Waals surface area contributed by atoms with Gasteiger partial charge in [-0.25, -0.2) is 9.18 Å². The lowest BCUT2D eigenvalue weighted by Crippen LogP contribution is -2.42. The number of amides is 2. The summed E-state index contributed by atoms with van der Waals surface area (Å²) in [6.45, 7) is -1.21. The molecule has 1 heterocycles. The third kappa shape index (κ3) is 5.96. The maximum absolute atomic E-state index is 12.6. The first kappa shape index (κ1) is 19.6. The van der Waals surface area contributed by atoms with Crippen molar-refractivity contribution in [1.29, 1.82) is 0 Å². The van der Waals surface area contributed by atoms with Crippen molar-refractivity contribution in [3.63, 3.8) is 0 Å². The summed E-state index contributed by atoms with van der Waals surface area (Å²) < 4.78 is 12.6. The third-order valence-corrected chi connectivity index (χ3v) is 4.51. The van der Waals surface area contributed by atoms with E-state index in [1.807, 2.05) is 17.5 Å². The van der Waals surface area contributed by atoms with Crippen LogP contribution < -0.4 is 10.6 Å². The van der Waals surface area contributed by atoms with Gasteiger partial charge in [0.15, 0.2) is 6.04 Å². The maximum atomic E-state index is 12.6. The van der Waals surface area contributed by atoms with Crippen molar-refractivity contribution in [3.05, 3.63) is 52.2 Å². The minimum atomic E-state index is -1.60. The molecule has 3 N–H and O–H groups in total. The SMILES string of the molecule is O=C(CCCc1cccs1)Nc1cccc(C(=O)NC(CF)C(=O)O)c1. The quantitative estimate of drug-likeness (QED) is 0.625. The molecule has 0 radical (unpaired) electrons. The number of aryl methyl sites for hydroxylation is 1. The minimum Gasteiger partial charge on any atom is -0.480 e. The average Bonchev–Trinajstić information content (AvgIpc) is 3.12. The second kappa shape index (κ2) is 9.67. The summed E-state index contributed by atoms with van der Waals surface area (Å²) in [6, 6.07) is 8.45. The summed E-state index contributed by atoms with van der Waals surface area (Å²) in [5.74, 6) is -2.34. The van der Waals surface area contributed by atoms with Gasteiger partial charge in [-0.1, -0.05) is 12.1 Å². The lowest BCUT2D eigenvalue weighted by atomic mass is 10.1. The molecule has 2 amide bonds. The van der Waals surface area contributed by atoms with E-state index in [0.717, 1.165) is 6.42 Å². The van der Waals surface area contributed by atoms with Gasteiger partial charge in [0.05, 0.1) is 0 Å². The molecule has 26 heavy (non-hydrogen) atoms. The van der Waals surface area contributed by atoms with E-state index in [1.54, 1.807) is 23.5 Å². The van der Waals surface area contributed by atoms with Crippen LogP contribution in [-0.2, 0) is 16.0 Å². The third-order valence-electron chi connectivity index (χ3n) is 3.57. The summed E-state index contributed by atoms with van der Waals surface area (Å²) in [5, 5.41) is 15.6. The van der Waals surface area contributed by atoms with Gasteiger partial charge in [-0.2, -0.15) is 0 Å². The number of hydrogen-bond donors (Lipinski definition) is 3. The zero-order chi connectivity index (χ0) is 18.9. The number of halogens is 1. The van der Waals surface area contributed by atoms with Gasteiger partial charge in [0.25, 0.3) is 5.91 Å². The van der Waals surface area contributed by atoms with Gasteiger partial charge in [-0.3, -0.25) is 9.59 Å². The number of rotatable bonds is 9. The van der Waals surface area contributed by atoms with Crippen LogP contribution in [-0.4, -0.2) is 35.6 Å². The Kier molecular flexibility index (Phi) is 7.28. The lowest BCUT2D eigenvalue weighted by molar-refractivity contribution is -0.139. The number of hydrogen-bond acceptors (Lipinski definition) is 4. The van der Waals surface area contributed by atoms with Crippen molar-refractivity contribution in [3.8, 4) is 0 Å². The van der Waals surface area contributed by atoms with E-state index < -0.39 is 24.6 Å². The van der Waals surface area contributed by atoms with Crippen molar-refractivity contribution < 1.29 is 23.9 Å². The van der Waals surface area contributed by atoms with Crippen molar-refractivity contribution in [2.75, 3.05) is 12.0 Å². The molecule has 0 aliphatic heterocycles. The van der Waals surface area contributed by atoms with Gasteiger partial charge in [0.2, 0.25) is 5.91 Å². The summed E-state index contributed by atoms with van der Waals surface area (Å²) in [6.07, 6.45) is 1.88. The minimum absolute atomic E-state index is 0.140. The van der Waals surface area contributed by atoms with Crippen molar-refractivity contribution in [2.45, 2.75) is 25.3 Å². The Bertz CT molecular complexity index is 764. The Hall–Kier alpha value is -2.74. The monoisotopic (exact) mass is 378 g/mol. The van der Waals surface area contributed by atoms with Crippen LogP contribution in [0.5, 0.6) is 0 Å². The van der Waals surface area contributed by atoms with E-state index in [2.05, 4.69) is 10.6 Å². The Morgan fingerprint density at radius 1 is 1.19 bits per heavy atom. The first-order valence-corrected chi connectivity index (χ1v) is 8.89. The Balaban J connectivity index is 1.88. The Morgan fingerprint density at radius 2 is 2.00 bits per heavy atom. The normalized spacial score (nSPS) is 11.6. The number of thiophene rings is 1. The number of carboxylic acid groups (broad SMARTS) is 1. The van der Waals surface area contributed by atoms with Gasteiger partial charge in [0.1, 0.15) is 6.67 Å². The molecule has 0 spiro atoms. The van der Waals surface area contributed by atoms with Crippen LogP contribution in [0, 0.1) is 0 Å². The van der Waals surface area contributed by atoms with Crippen LogP contribution >= 0.6 is 11.3 Å². The fourth-order valence-corrected chi connectivity index (χ4v) is 3.00. The van der Waals surface area contributed by atoms with E-state index in [4.69, 9.17) is 5.11 Å². The zero-order valence-corrected chi connectivity index (χ0v) is 14.7. The molecule has 138 valence electrons. The highest BCUT2D eigenvalue weighted by atomic mass is 32.1. The van der Waals surface area contributed by atoms with E-state index in [0.29, 0.717) is 18.5 Å². The molecule has 0 fully saturated rings. The second-order valence-corrected chi connectivity index (χ2v) is 6.61. The highest BCUT2D eigenvalue weighted by Crippen LogP contribution is 2.14. The number of aliphatic carboxylic acids is 1. The first-order chi connectivity index (χ1) is 12.5. The van der Waals surface area contributed by atoms with Crippen LogP contribution in [0.1, 0.15) is 28.1 Å². The number of carbonyl (C=O) groups is 3. The van der Waals surface area contributed by atoms with E-state index in [9.17, 15) is 18.8 Å². The topological polar surface area (TPSA) is 95.5 Å². The zero-order valence-electron chi connectivity index (χ0n) is 13.9. The molecular formula is C18H19FN2O4S. The molecule has 1 unspecified atom stereocenters. The predicted octanol–water partition coefficient (Wildman–Crippen LogP) is 2.86. The fourth-order valence-electron chi connectivity index (χ4n) is 2.25. The molecule has 0 saturated carbocycles. The second-order valence-electron chi connectivity index (χ2n) is 5.58. The molecule has 6 nitrogen and oxygen atoms in total. The number of anilines is 1. The van der Waals surface area contributed by atoms with Gasteiger partial charge in [0, 0.05) is 22.5 Å². The van der Waals surface area contributed by atoms with Crippen molar-refractivity contribution >= 4 is 34.8 Å². The van der Waals surface area contributed by atoms with Crippen molar-refractivity contribution in [2.24, 2.45) is 0 Å². The van der Waals surface area contributed by atoms with E-state index in [-0.39, 0.29) is 11.5 Å². The van der Waals surface area contributed by atoms with Gasteiger partial charge in [-0.15, -0.1) is 11.3 Å². The highest BCUT2D eigenvalue weighted by Gasteiger charge is 2.20. The molecular weight excluding hydrogens is 359 g/mol. The van der Waals surface area contributed by atoms with Gasteiger partial charge >= 0.3 is 5.97 Å². The summed E-state index contributed by atoms with van der Waals surface area (Å²) in [4.78, 5) is 36.0. The standard InChI is InChI=1S/C18H19FN2O4S/c19-11-15(18(24)25)21-17(23)12-4-1-5-13(10-12)20-16(22)8-2-6-14-7-3-9-26-14/h1,3-5,7,9-10,15H,2,6,8,11H2,(H,20,22)(H,21,23)(H,24,25). The molecule has 2 aromatic rings. The highest BCUT2D eigenvalue weighted by molar-refractivity contribution is 7.09. The van der Waals surface area contributed by atoms with E-state index >= 15 is 0 Å². The van der Waals surface area contributed by atoms with Crippen LogP contribution in [0.15, 0.2) is 41.8 Å². The van der Waals surface area contributed by atoms with Crippen LogP contribution in [0.4, 0.5) is 10.1 Å². The number of carbonyl (C=O) groups excluding carboxylic acids is 2. The van der Waals surface area contributed by atoms with E-state index in [1.165, 1.54) is 17.0 Å². The van der Waals surface area contributed by atoms with Crippen molar-refractivity contribution in [1.82, 2.24) is 5.32 Å². The molecule has 8 heteroatoms. The smallest absolute Gasteiger partial charge is 0.328 e. The van der Waals surface area contributed by atoms with Crippen LogP contribution in [0.2, 0.25) is 0 Å². The summed E-state index contributed by atoms with van der Waals surface area (Å²) in [5.41, 5.74) is 0.562. The number of nitrogens with one attached hydrogen (secondary N) is 2. The fraction of sp³-hybridized carbons (Fsp3) is 0.278. The largest absolute Gasteiger partial charge is 0.480 e. The molecule has 0 aliphatic carbocycles. The Labute approximate surface area is 154 Å². The number of benzene rings is 1. The molecule has 1 atom stereocenters. The van der Waals surface area contributed by atoms with Crippen LogP contribution in [0.25, 0.3) is 0 Å². The molecule has 2 rings (SSSR count). The summed E-state index contributed by atoms with van der Waals surface area (Å²) >= 11 is 1.65. The molecule has 1 aromatic heterocycles. The Morgan fingerprint density at radius 3 is 2.65 bits per heavy atom.